The first-order valence-electron chi connectivity index (χ1n) is 6.07. The Morgan fingerprint density at radius 1 is 1.24 bits per heavy atom. The van der Waals surface area contributed by atoms with Crippen molar-refractivity contribution >= 4 is 11.9 Å². The molecule has 0 aliphatic heterocycles. The van der Waals surface area contributed by atoms with Crippen molar-refractivity contribution in [2.45, 2.75) is 41.5 Å². The van der Waals surface area contributed by atoms with Crippen molar-refractivity contribution in [1.82, 2.24) is 5.32 Å². The van der Waals surface area contributed by atoms with Gasteiger partial charge in [-0.1, -0.05) is 34.6 Å². The zero-order valence-corrected chi connectivity index (χ0v) is 11.8. The molecule has 0 aromatic heterocycles. The van der Waals surface area contributed by atoms with Crippen LogP contribution in [0.4, 0.5) is 0 Å². The molecule has 4 heteroatoms. The number of rotatable bonds is 5. The number of hydrogen-bond acceptors (Lipinski definition) is 3. The lowest BCUT2D eigenvalue weighted by molar-refractivity contribution is -0.154. The summed E-state index contributed by atoms with van der Waals surface area (Å²) in [5.41, 5.74) is -0.112. The summed E-state index contributed by atoms with van der Waals surface area (Å²) >= 11 is 0. The van der Waals surface area contributed by atoms with Crippen LogP contribution in [0.2, 0.25) is 0 Å². The van der Waals surface area contributed by atoms with Crippen LogP contribution < -0.4 is 5.32 Å². The molecule has 1 N–H and O–H groups in total. The van der Waals surface area contributed by atoms with Crippen molar-refractivity contribution in [3.05, 3.63) is 0 Å². The summed E-state index contributed by atoms with van der Waals surface area (Å²) in [6.45, 7) is 12.2. The number of ether oxygens (including phenoxy) is 1. The molecule has 1 atom stereocenters. The molecule has 1 amide bonds. The van der Waals surface area contributed by atoms with E-state index in [0.29, 0.717) is 6.54 Å². The molecule has 100 valence electrons. The van der Waals surface area contributed by atoms with Crippen LogP contribution in [0.1, 0.15) is 41.5 Å². The molecule has 4 nitrogen and oxygen atoms in total. The van der Waals surface area contributed by atoms with E-state index < -0.39 is 0 Å². The normalized spacial score (nSPS) is 13.4. The molecule has 0 aliphatic rings. The summed E-state index contributed by atoms with van der Waals surface area (Å²) in [7, 11) is 0. The monoisotopic (exact) mass is 243 g/mol. The van der Waals surface area contributed by atoms with E-state index in [9.17, 15) is 9.59 Å². The fourth-order valence-corrected chi connectivity index (χ4v) is 2.09. The van der Waals surface area contributed by atoms with Crippen molar-refractivity contribution in [3.63, 3.8) is 0 Å². The van der Waals surface area contributed by atoms with Gasteiger partial charge in [0.05, 0.1) is 12.5 Å². The summed E-state index contributed by atoms with van der Waals surface area (Å²) in [4.78, 5) is 22.6. The van der Waals surface area contributed by atoms with E-state index in [1.165, 1.54) is 6.92 Å². The number of carbonyl (C=O) groups is 2. The molecular weight excluding hydrogens is 218 g/mol. The first-order chi connectivity index (χ1) is 7.66. The maximum absolute atomic E-state index is 11.9. The van der Waals surface area contributed by atoms with Gasteiger partial charge in [-0.15, -0.1) is 0 Å². The molecule has 1 unspecified atom stereocenters. The maximum Gasteiger partial charge on any atom is 0.309 e. The van der Waals surface area contributed by atoms with Crippen LogP contribution in [0.3, 0.4) is 0 Å². The molecule has 0 saturated carbocycles. The molecule has 0 aliphatic carbocycles. The minimum Gasteiger partial charge on any atom is -0.464 e. The molecule has 0 aromatic carbocycles. The topological polar surface area (TPSA) is 55.4 Å². The minimum atomic E-state index is -0.183. The van der Waals surface area contributed by atoms with Gasteiger partial charge in [0, 0.05) is 6.92 Å². The Morgan fingerprint density at radius 2 is 1.76 bits per heavy atom. The van der Waals surface area contributed by atoms with E-state index >= 15 is 0 Å². The van der Waals surface area contributed by atoms with Gasteiger partial charge in [0.2, 0.25) is 5.91 Å². The molecule has 17 heavy (non-hydrogen) atoms. The zero-order valence-electron chi connectivity index (χ0n) is 11.8. The second-order valence-corrected chi connectivity index (χ2v) is 5.74. The highest BCUT2D eigenvalue weighted by atomic mass is 16.5. The fraction of sp³-hybridized carbons (Fsp3) is 0.846. The summed E-state index contributed by atoms with van der Waals surface area (Å²) in [5, 5.41) is 2.59. The Hall–Kier alpha value is -1.06. The molecular formula is C13H25NO3. The highest BCUT2D eigenvalue weighted by Crippen LogP contribution is 2.32. The second kappa shape index (κ2) is 6.62. The Balaban J connectivity index is 4.22. The third-order valence-corrected chi connectivity index (χ3v) is 2.57. The van der Waals surface area contributed by atoms with Gasteiger partial charge >= 0.3 is 5.97 Å². The number of carbonyl (C=O) groups excluding carboxylic acids is 2. The molecule has 0 fully saturated rings. The molecule has 0 rings (SSSR count). The molecule has 0 aromatic rings. The van der Waals surface area contributed by atoms with Gasteiger partial charge in [0.1, 0.15) is 6.61 Å². The third-order valence-electron chi connectivity index (χ3n) is 2.57. The van der Waals surface area contributed by atoms with Gasteiger partial charge < -0.3 is 10.1 Å². The molecule has 0 saturated heterocycles. The van der Waals surface area contributed by atoms with E-state index in [4.69, 9.17) is 4.74 Å². The van der Waals surface area contributed by atoms with Crippen molar-refractivity contribution < 1.29 is 14.3 Å². The van der Waals surface area contributed by atoms with Crippen LogP contribution in [0.5, 0.6) is 0 Å². The smallest absolute Gasteiger partial charge is 0.309 e. The average Bonchev–Trinajstić information content (AvgIpc) is 2.08. The number of amides is 1. The van der Waals surface area contributed by atoms with Crippen molar-refractivity contribution in [1.29, 1.82) is 0 Å². The van der Waals surface area contributed by atoms with Crippen molar-refractivity contribution in [3.8, 4) is 0 Å². The third kappa shape index (κ3) is 6.29. The predicted octanol–water partition coefficient (Wildman–Crippen LogP) is 1.98. The SMILES string of the molecule is CC(=O)NCCOC(=O)C(C(C)C)C(C)(C)C. The van der Waals surface area contributed by atoms with E-state index in [0.717, 1.165) is 0 Å². The number of esters is 1. The van der Waals surface area contributed by atoms with Gasteiger partial charge in [0.15, 0.2) is 0 Å². The Morgan fingerprint density at radius 3 is 2.12 bits per heavy atom. The Bertz CT molecular complexity index is 266. The summed E-state index contributed by atoms with van der Waals surface area (Å²) < 4.78 is 5.19. The Kier molecular flexibility index (Phi) is 6.21. The highest BCUT2D eigenvalue weighted by Gasteiger charge is 2.34. The van der Waals surface area contributed by atoms with E-state index in [2.05, 4.69) is 5.32 Å². The quantitative estimate of drug-likeness (QED) is 0.593. The summed E-state index contributed by atoms with van der Waals surface area (Å²) in [5.74, 6) is -0.182. The number of nitrogens with one attached hydrogen (secondary N) is 1. The second-order valence-electron chi connectivity index (χ2n) is 5.74. The highest BCUT2D eigenvalue weighted by molar-refractivity contribution is 5.74. The van der Waals surface area contributed by atoms with E-state index in [-0.39, 0.29) is 35.7 Å². The Labute approximate surface area is 104 Å². The van der Waals surface area contributed by atoms with Crippen LogP contribution >= 0.6 is 0 Å². The summed E-state index contributed by atoms with van der Waals surface area (Å²) in [6.07, 6.45) is 0. The van der Waals surface area contributed by atoms with Gasteiger partial charge in [-0.3, -0.25) is 9.59 Å². The fourth-order valence-electron chi connectivity index (χ4n) is 2.09. The maximum atomic E-state index is 11.9. The molecule has 0 radical (unpaired) electrons. The average molecular weight is 243 g/mol. The minimum absolute atomic E-state index is 0.112. The van der Waals surface area contributed by atoms with Crippen LogP contribution in [0.15, 0.2) is 0 Å². The van der Waals surface area contributed by atoms with Gasteiger partial charge in [-0.2, -0.15) is 0 Å². The van der Waals surface area contributed by atoms with E-state index in [1.54, 1.807) is 0 Å². The number of hydrogen-bond donors (Lipinski definition) is 1. The largest absolute Gasteiger partial charge is 0.464 e. The van der Waals surface area contributed by atoms with Gasteiger partial charge in [-0.25, -0.2) is 0 Å². The lowest BCUT2D eigenvalue weighted by Crippen LogP contribution is -2.35. The van der Waals surface area contributed by atoms with Crippen LogP contribution in [0.25, 0.3) is 0 Å². The predicted molar refractivity (Wildman–Crippen MR) is 67.4 cm³/mol. The molecule has 0 spiro atoms. The van der Waals surface area contributed by atoms with Crippen molar-refractivity contribution in [2.24, 2.45) is 17.3 Å². The lowest BCUT2D eigenvalue weighted by atomic mass is 9.74. The zero-order chi connectivity index (χ0) is 13.6. The lowest BCUT2D eigenvalue weighted by Gasteiger charge is -2.31. The first-order valence-corrected chi connectivity index (χ1v) is 6.07. The standard InChI is InChI=1S/C13H25NO3/c1-9(2)11(13(4,5)6)12(16)17-8-7-14-10(3)15/h9,11H,7-8H2,1-6H3,(H,14,15). The molecule has 0 heterocycles. The first kappa shape index (κ1) is 15.9. The summed E-state index contributed by atoms with van der Waals surface area (Å²) in [6, 6.07) is 0. The van der Waals surface area contributed by atoms with Crippen LogP contribution in [0, 0.1) is 17.3 Å². The van der Waals surface area contributed by atoms with E-state index in [1.807, 2.05) is 34.6 Å². The van der Waals surface area contributed by atoms with Gasteiger partial charge in [0.25, 0.3) is 0 Å². The molecule has 0 bridgehead atoms. The van der Waals surface area contributed by atoms with Gasteiger partial charge in [-0.05, 0) is 11.3 Å². The van der Waals surface area contributed by atoms with Crippen LogP contribution in [-0.2, 0) is 14.3 Å². The van der Waals surface area contributed by atoms with Crippen molar-refractivity contribution in [2.75, 3.05) is 13.2 Å². The van der Waals surface area contributed by atoms with Crippen LogP contribution in [-0.4, -0.2) is 25.0 Å².